The molecule has 0 saturated carbocycles. The normalized spacial score (nSPS) is 14.6. The summed E-state index contributed by atoms with van der Waals surface area (Å²) in [7, 11) is 9.22. The Kier molecular flexibility index (Phi) is 170. The van der Waals surface area contributed by atoms with Gasteiger partial charge in [-0.15, -0.1) is 0 Å². The van der Waals surface area contributed by atoms with Crippen LogP contribution in [0.2, 0.25) is 0 Å². The van der Waals surface area contributed by atoms with Gasteiger partial charge in [0.1, 0.15) is 0 Å². The fraction of sp³-hybridized carbons (Fsp3) is 0.900. The summed E-state index contributed by atoms with van der Waals surface area (Å²) in [5.74, 6) is 0. The summed E-state index contributed by atoms with van der Waals surface area (Å²) in [6, 6.07) is 0. The zero-order valence-corrected chi connectivity index (χ0v) is 105. The van der Waals surface area contributed by atoms with Crippen molar-refractivity contribution in [2.45, 2.75) is 236 Å². The molecule has 8 radical (unpaired) electrons. The molecule has 0 aromatic heterocycles. The molecule has 116 heavy (non-hydrogen) atoms. The molecule has 0 spiro atoms. The molecule has 0 rings (SSSR count). The maximum absolute atomic E-state index is 9.03. The molecular formula is C40H104As8Cl2I2N20O32Pt8S4-20. The van der Waals surface area contributed by atoms with Gasteiger partial charge in [-0.2, -0.15) is 10.3 Å². The molecule has 32 N–H and O–H groups in total. The topological polar surface area (TPSA) is 944 Å². The van der Waals surface area contributed by atoms with Crippen LogP contribution in [-0.2, 0) is 239 Å². The number of rotatable bonds is 36. The molecule has 16 unspecified atom stereocenters. The van der Waals surface area contributed by atoms with Crippen molar-refractivity contribution < 1.29 is 279 Å². The Bertz CT molecular complexity index is 1870. The maximum atomic E-state index is 9.03. The van der Waals surface area contributed by atoms with E-state index in [-0.39, 0.29) is 84.3 Å². The third-order valence-corrected chi connectivity index (χ3v) is 25.4. The summed E-state index contributed by atoms with van der Waals surface area (Å²) in [5.41, 5.74) is 111. The first-order valence-electron chi connectivity index (χ1n) is 28.1. The molecule has 0 aromatic rings. The predicted octanol–water partition coefficient (Wildman–Crippen LogP) is 7.93. The van der Waals surface area contributed by atoms with E-state index in [0.29, 0.717) is 25.7 Å². The molecule has 0 bridgehead atoms. The van der Waals surface area contributed by atoms with Crippen LogP contribution in [0.4, 0.5) is 0 Å². The number of thiocyanates is 2. The Balaban J connectivity index is -0.0000000485. The van der Waals surface area contributed by atoms with Crippen molar-refractivity contribution in [2.24, 2.45) is 0 Å². The smallest absolute Gasteiger partial charge is 0 e. The van der Waals surface area contributed by atoms with Crippen molar-refractivity contribution in [3.63, 3.8) is 0 Å². The summed E-state index contributed by atoms with van der Waals surface area (Å²) in [6.45, 7) is 22.8. The van der Waals surface area contributed by atoms with Crippen LogP contribution in [0.25, 0.3) is 103 Å². The Morgan fingerprint density at radius 1 is 0.284 bits per heavy atom. The second-order valence-corrected chi connectivity index (χ2v) is 41.5. The minimum Gasteiger partial charge on any atom is -0.753 e. The van der Waals surface area contributed by atoms with Gasteiger partial charge >= 0.3 is 700 Å². The fourth-order valence-electron chi connectivity index (χ4n) is 3.63. The van der Waals surface area contributed by atoms with Crippen molar-refractivity contribution in [1.29, 1.82) is 10.5 Å². The number of hydrogen-bond donors (Lipinski definition) is 16. The van der Waals surface area contributed by atoms with E-state index >= 15 is 0 Å². The van der Waals surface area contributed by atoms with Crippen molar-refractivity contribution in [3.05, 3.63) is 103 Å². The SMILES string of the molecule is CC([NH-])O[As](O)(O)OC(C)[NH-].CC([NH-])O[As](O)(O)OC(C)[NH-].CC([NH-])O[As](O)(O)OC(C)[NH-].CC([NH-])O[As](O)(O)OC(C)[NH-].CCC([NH-])O[As](O)(O)OC(C)[NH-].CCC([NH-])O[As](O)(O)OC(C)[NH-].CCC([NH-])O[As](O)(O)OC(C)[NH-].CCC([NH-])O[As](O)(O)OC(C)[NH-].N#C[S-].N#C[S-].[Cl][Pt].[Cl][Pt].[I][Pt].[I][Pt].[N-]=C=S.[N-]=C=S.[Pt].[Pt].[Pt].[Pt]. The van der Waals surface area contributed by atoms with Crippen molar-refractivity contribution in [1.82, 2.24) is 0 Å². The molecule has 16 atom stereocenters. The molecule has 0 fully saturated rings. The average Bonchev–Trinajstić information content (AvgIpc) is 1.05. The van der Waals surface area contributed by atoms with E-state index in [0.717, 1.165) is 0 Å². The second-order valence-electron chi connectivity index (χ2n) is 17.3. The third kappa shape index (κ3) is 195. The van der Waals surface area contributed by atoms with Gasteiger partial charge in [0.15, 0.2) is 0 Å². The van der Waals surface area contributed by atoms with E-state index in [9.17, 15) is 0 Å². The van der Waals surface area contributed by atoms with Crippen molar-refractivity contribution in [3.8, 4) is 10.8 Å². The van der Waals surface area contributed by atoms with Gasteiger partial charge in [0.2, 0.25) is 0 Å². The van der Waals surface area contributed by atoms with Crippen LogP contribution in [0, 0.1) is 21.3 Å². The zero-order valence-electron chi connectivity index (χ0n) is 62.8. The number of hydrogen-bond acceptors (Lipinski definition) is 38. The molecule has 0 aromatic carbocycles. The van der Waals surface area contributed by atoms with Gasteiger partial charge in [-0.05, 0) is 0 Å². The number of nitriles is 2. The van der Waals surface area contributed by atoms with E-state index in [1.54, 1.807) is 65.2 Å². The first-order chi connectivity index (χ1) is 50.5. The first kappa shape index (κ1) is 174. The van der Waals surface area contributed by atoms with Crippen LogP contribution >= 0.6 is 82.0 Å². The van der Waals surface area contributed by atoms with Gasteiger partial charge in [0, 0.05) is 84.3 Å². The molecular weight excluding hydrogens is 3890 g/mol. The predicted molar refractivity (Wildman–Crippen MR) is 436 cm³/mol. The van der Waals surface area contributed by atoms with E-state index < -0.39 is 219 Å². The quantitative estimate of drug-likeness (QED) is 0.00707. The summed E-state index contributed by atoms with van der Waals surface area (Å²) in [5, 5.41) is 33.9. The minimum absolute atomic E-state index is 0. The summed E-state index contributed by atoms with van der Waals surface area (Å²) in [6.07, 6.45) is -15.1. The molecule has 0 aliphatic carbocycles. The van der Waals surface area contributed by atoms with E-state index in [2.05, 4.69) is 199 Å². The Morgan fingerprint density at radius 3 is 0.379 bits per heavy atom. The number of halogens is 4. The maximum Gasteiger partial charge on any atom is 0 e. The molecule has 748 valence electrons. The number of nitrogens with one attached hydrogen (secondary N) is 16. The van der Waals surface area contributed by atoms with Crippen LogP contribution in [0.1, 0.15) is 136 Å². The molecule has 76 heteroatoms. The monoisotopic (exact) mass is 3990 g/mol. The van der Waals surface area contributed by atoms with E-state index in [4.69, 9.17) is 179 Å². The van der Waals surface area contributed by atoms with Gasteiger partial charge in [-0.25, -0.2) is 10.5 Å². The van der Waals surface area contributed by atoms with Crippen molar-refractivity contribution in [2.75, 3.05) is 0 Å². The largest absolute Gasteiger partial charge is 0.753 e. The Labute approximate surface area is 862 Å². The van der Waals surface area contributed by atoms with E-state index in [1.165, 1.54) is 104 Å². The summed E-state index contributed by atoms with van der Waals surface area (Å²) < 4.78 is 214. The number of nitrogens with zero attached hydrogens (tertiary/aromatic N) is 4. The van der Waals surface area contributed by atoms with Crippen LogP contribution in [0.15, 0.2) is 0 Å². The number of isothiocyanates is 2. The third-order valence-electron chi connectivity index (χ3n) is 6.09. The molecule has 0 aliphatic heterocycles. The molecule has 0 saturated heterocycles. The Hall–Kier alpha value is 9.11. The summed E-state index contributed by atoms with van der Waals surface area (Å²) in [4.78, 5) is 0. The van der Waals surface area contributed by atoms with Gasteiger partial charge in [-0.1, -0.05) is 35.2 Å². The average molecular weight is 3990 g/mol. The van der Waals surface area contributed by atoms with Crippen LogP contribution in [0.5, 0.6) is 0 Å². The first-order valence-corrected chi connectivity index (χ1v) is 73.9. The summed E-state index contributed by atoms with van der Waals surface area (Å²) >= 11 is -9.87. The zero-order chi connectivity index (χ0) is 94.2. The molecule has 0 amide bonds. The van der Waals surface area contributed by atoms with Crippen LogP contribution < -0.4 is 0 Å². The molecule has 0 aliphatic rings. The molecule has 52 nitrogen and oxygen atoms in total. The van der Waals surface area contributed by atoms with Gasteiger partial charge in [0.05, 0.1) is 0 Å². The van der Waals surface area contributed by atoms with Crippen LogP contribution in [0.3, 0.4) is 0 Å². The standard InChI is InChI=1S/4C5H14AsN2O4.4C4H12AsN2O4.2CHNS.2CNS.2ClH.2HI.8Pt/c4*1-3-5(8)12-6(9,10)11-4(2)7;4*1-3(6)10-5(8,9)11-4(2)7;4*2-1-3;;;;;;;;;;;;/h4*4-5,7-10H,3H2,1-2H3;4*3-4,6-9H,1-2H3;2*3H;;;4*1H;;;;;;;;/q8*-2;;;2*-1;;;;;;;;;4*+1/p-6. The van der Waals surface area contributed by atoms with Gasteiger partial charge < -0.3 is 36.1 Å². The van der Waals surface area contributed by atoms with Gasteiger partial charge in [-0.3, -0.25) is 0 Å². The minimum atomic E-state index is -4.56. The van der Waals surface area contributed by atoms with Crippen LogP contribution in [-0.4, -0.2) is 295 Å². The number of thiocarbonyl (C=S) groups is 2. The Morgan fingerprint density at radius 2 is 0.336 bits per heavy atom. The second kappa shape index (κ2) is 113. The molecule has 0 heterocycles. The van der Waals surface area contributed by atoms with Gasteiger partial charge in [0.25, 0.3) is 0 Å². The van der Waals surface area contributed by atoms with E-state index in [1.807, 2.05) is 0 Å². The van der Waals surface area contributed by atoms with Crippen molar-refractivity contribution >= 4 is 237 Å². The fourth-order valence-corrected chi connectivity index (χ4v) is 18.9.